The summed E-state index contributed by atoms with van der Waals surface area (Å²) >= 11 is 0. The van der Waals surface area contributed by atoms with Gasteiger partial charge < -0.3 is 30.4 Å². The zero-order chi connectivity index (χ0) is 38.1. The van der Waals surface area contributed by atoms with Crippen LogP contribution in [0.5, 0.6) is 17.2 Å². The molecule has 4 aromatic carbocycles. The van der Waals surface area contributed by atoms with Crippen molar-refractivity contribution in [2.75, 3.05) is 19.5 Å². The first kappa shape index (κ1) is 40.0. The molecule has 1 atom stereocenters. The number of benzene rings is 4. The molecule has 6 rings (SSSR count). The van der Waals surface area contributed by atoms with Crippen LogP contribution in [0.4, 0.5) is 5.69 Å². The van der Waals surface area contributed by atoms with Gasteiger partial charge in [-0.25, -0.2) is 0 Å². The average molecular weight is 732 g/mol. The van der Waals surface area contributed by atoms with Crippen molar-refractivity contribution in [2.45, 2.75) is 116 Å². The quantitative estimate of drug-likeness (QED) is 0.0512. The van der Waals surface area contributed by atoms with Crippen LogP contribution in [0.15, 0.2) is 71.7 Å². The van der Waals surface area contributed by atoms with Gasteiger partial charge in [-0.2, -0.15) is 0 Å². The van der Waals surface area contributed by atoms with Crippen molar-refractivity contribution in [3.05, 3.63) is 94.5 Å². The van der Waals surface area contributed by atoms with Crippen LogP contribution in [0.1, 0.15) is 105 Å². The number of aliphatic imine (C=N–C) groups is 1. The van der Waals surface area contributed by atoms with Gasteiger partial charge in [0.25, 0.3) is 0 Å². The number of aromatic hydroxyl groups is 1. The molecule has 4 aromatic rings. The number of rotatable bonds is 14. The number of ketones is 1. The summed E-state index contributed by atoms with van der Waals surface area (Å²) < 4.78 is 17.9. The number of phenols is 1. The lowest BCUT2D eigenvalue weighted by atomic mass is 9.95. The van der Waals surface area contributed by atoms with Gasteiger partial charge in [0.1, 0.15) is 30.4 Å². The van der Waals surface area contributed by atoms with Crippen molar-refractivity contribution in [3.8, 4) is 29.3 Å². The predicted octanol–water partition coefficient (Wildman–Crippen LogP) is 9.60. The van der Waals surface area contributed by atoms with Crippen molar-refractivity contribution in [1.29, 1.82) is 0 Å². The van der Waals surface area contributed by atoms with Gasteiger partial charge in [0, 0.05) is 37.6 Å². The van der Waals surface area contributed by atoms with Gasteiger partial charge in [-0.3, -0.25) is 9.79 Å². The number of hydrogen-bond donors (Lipinski definition) is 3. The summed E-state index contributed by atoms with van der Waals surface area (Å²) in [5.41, 5.74) is 12.6. The Kier molecular flexibility index (Phi) is 15.5. The fourth-order valence-electron chi connectivity index (χ4n) is 7.19. The number of methoxy groups -OCH3 is 1. The Morgan fingerprint density at radius 2 is 1.78 bits per heavy atom. The molecular weight excluding hydrogens is 675 g/mol. The molecule has 0 aromatic heterocycles. The van der Waals surface area contributed by atoms with E-state index in [-0.39, 0.29) is 17.6 Å². The zero-order valence-corrected chi connectivity index (χ0v) is 32.3. The monoisotopic (exact) mass is 731 g/mol. The molecule has 4 N–H and O–H groups in total. The van der Waals surface area contributed by atoms with E-state index in [1.165, 1.54) is 24.0 Å². The molecule has 2 aliphatic heterocycles. The van der Waals surface area contributed by atoms with E-state index in [1.807, 2.05) is 36.4 Å². The maximum atomic E-state index is 13.3. The highest BCUT2D eigenvalue weighted by atomic mass is 16.5. The molecule has 2 heterocycles. The number of carbonyl (C=O) groups is 1. The molecule has 286 valence electrons. The molecule has 8 heteroatoms. The number of nitrogens with one attached hydrogen (secondary N) is 1. The lowest BCUT2D eigenvalue weighted by molar-refractivity contribution is -0.121. The maximum absolute atomic E-state index is 13.3. The highest BCUT2D eigenvalue weighted by Crippen LogP contribution is 2.32. The third-order valence-corrected chi connectivity index (χ3v) is 10.3. The lowest BCUT2D eigenvalue weighted by Crippen LogP contribution is -2.23. The van der Waals surface area contributed by atoms with Crippen LogP contribution >= 0.6 is 0 Å². The largest absolute Gasteiger partial charge is 0.508 e. The number of hydrogen-bond acceptors (Lipinski definition) is 6. The fourth-order valence-corrected chi connectivity index (χ4v) is 7.19. The van der Waals surface area contributed by atoms with E-state index in [4.69, 9.17) is 19.9 Å². The van der Waals surface area contributed by atoms with Gasteiger partial charge >= 0.3 is 0 Å². The van der Waals surface area contributed by atoms with Gasteiger partial charge in [0.2, 0.25) is 0 Å². The second-order valence-corrected chi connectivity index (χ2v) is 14.3. The first-order valence-electron chi connectivity index (χ1n) is 19.7. The zero-order valence-electron chi connectivity index (χ0n) is 32.3. The molecule has 0 radical (unpaired) electrons. The number of guanidine groups is 1. The molecule has 1 unspecified atom stereocenters. The summed E-state index contributed by atoms with van der Waals surface area (Å²) in [5, 5.41) is 16.0. The number of Topliss-reactive ketones (excluding diaryl/α,β-unsaturated/α-hetero) is 1. The first-order chi connectivity index (χ1) is 26.4. The van der Waals surface area contributed by atoms with Crippen LogP contribution in [0, 0.1) is 12.0 Å². The summed E-state index contributed by atoms with van der Waals surface area (Å²) in [6.07, 6.45) is 16.1. The SMILES string of the molecule is CCCCCc1c(CCCCCCCC2CC(=O)CCc3ccc(OC)c(c3)OCc3ccc4c(c(O)ccc4c3)CC#CO2)cccc1NC(N)=NC. The Morgan fingerprint density at radius 1 is 0.963 bits per heavy atom. The topological polar surface area (TPSA) is 115 Å². The van der Waals surface area contributed by atoms with E-state index in [0.29, 0.717) is 49.7 Å². The molecule has 0 saturated heterocycles. The van der Waals surface area contributed by atoms with Crippen LogP contribution in [0.3, 0.4) is 0 Å². The van der Waals surface area contributed by atoms with E-state index in [0.717, 1.165) is 90.9 Å². The highest BCUT2D eigenvalue weighted by molar-refractivity contribution is 5.93. The first-order valence-corrected chi connectivity index (χ1v) is 19.7. The maximum Gasteiger partial charge on any atom is 0.192 e. The van der Waals surface area contributed by atoms with E-state index in [1.54, 1.807) is 20.2 Å². The van der Waals surface area contributed by atoms with Crippen LogP contribution in [0.25, 0.3) is 10.8 Å². The number of carbonyl (C=O) groups excluding carboxylic acids is 1. The molecule has 0 amide bonds. The number of unbranched alkanes of at least 4 members (excludes halogenated alkanes) is 6. The average Bonchev–Trinajstić information content (AvgIpc) is 3.18. The predicted molar refractivity (Wildman–Crippen MR) is 219 cm³/mol. The normalized spacial score (nSPS) is 15.1. The Balaban J connectivity index is 1.21. The molecule has 2 aliphatic rings. The Hall–Kier alpha value is -5.16. The lowest BCUT2D eigenvalue weighted by Gasteiger charge is -2.16. The molecular formula is C46H57N3O5. The fraction of sp³-hybridized carbons (Fsp3) is 0.435. The third kappa shape index (κ3) is 11.7. The van der Waals surface area contributed by atoms with Gasteiger partial charge in [-0.05, 0) is 108 Å². The number of aryl methyl sites for hydroxylation is 2. The summed E-state index contributed by atoms with van der Waals surface area (Å²) in [4.78, 5) is 17.4. The molecule has 6 bridgehead atoms. The smallest absolute Gasteiger partial charge is 0.192 e. The Labute approximate surface area is 321 Å². The van der Waals surface area contributed by atoms with Gasteiger partial charge in [-0.15, -0.1) is 0 Å². The van der Waals surface area contributed by atoms with E-state index in [2.05, 4.69) is 53.5 Å². The molecule has 0 spiro atoms. The minimum Gasteiger partial charge on any atom is -0.508 e. The number of anilines is 1. The minimum absolute atomic E-state index is 0.149. The third-order valence-electron chi connectivity index (χ3n) is 10.3. The van der Waals surface area contributed by atoms with Crippen molar-refractivity contribution in [3.63, 3.8) is 0 Å². The molecule has 54 heavy (non-hydrogen) atoms. The van der Waals surface area contributed by atoms with Crippen molar-refractivity contribution in [1.82, 2.24) is 0 Å². The number of nitrogens with two attached hydrogens (primary N) is 1. The van der Waals surface area contributed by atoms with Crippen LogP contribution in [0.2, 0.25) is 0 Å². The number of ether oxygens (including phenoxy) is 3. The van der Waals surface area contributed by atoms with Crippen LogP contribution in [-0.2, 0) is 41.8 Å². The Bertz CT molecular complexity index is 1940. The summed E-state index contributed by atoms with van der Waals surface area (Å²) in [5.74, 6) is 5.20. The van der Waals surface area contributed by atoms with Crippen molar-refractivity contribution >= 4 is 28.2 Å². The summed E-state index contributed by atoms with van der Waals surface area (Å²) in [6.45, 7) is 2.59. The standard InChI is InChI=1S/C46H57N3O5/c1-4-5-9-17-40-35(15-12-19-42(40)49-46(47)48-2)14-10-7-6-8-11-16-38-31-37(50)24-20-33-22-27-44(52-3)45(30-33)54-32-34-21-25-39-36(29-34)23-26-43(51)41(39)18-13-28-53-38/h12,15,19,21-23,25-27,29-30,38,51H,4-11,14,16-18,20,24,31-32H2,1-3H3,(H3,47,48,49). The minimum atomic E-state index is -0.287. The number of phenolic OH excluding ortho intramolecular Hbond substituents is 1. The van der Waals surface area contributed by atoms with Crippen LogP contribution < -0.4 is 20.5 Å². The van der Waals surface area contributed by atoms with E-state index < -0.39 is 0 Å². The Morgan fingerprint density at radius 3 is 2.61 bits per heavy atom. The number of nitrogens with zero attached hydrogens (tertiary/aromatic N) is 1. The molecule has 8 nitrogen and oxygen atoms in total. The second kappa shape index (κ2) is 20.9. The van der Waals surface area contributed by atoms with Gasteiger partial charge in [0.15, 0.2) is 17.5 Å². The molecule has 0 saturated carbocycles. The summed E-state index contributed by atoms with van der Waals surface area (Å²) in [7, 11) is 3.33. The molecule has 0 aliphatic carbocycles. The van der Waals surface area contributed by atoms with Crippen LogP contribution in [-0.4, -0.2) is 37.1 Å². The van der Waals surface area contributed by atoms with E-state index in [9.17, 15) is 9.90 Å². The van der Waals surface area contributed by atoms with E-state index >= 15 is 0 Å². The van der Waals surface area contributed by atoms with Gasteiger partial charge in [0.05, 0.1) is 7.11 Å². The van der Waals surface area contributed by atoms with Crippen molar-refractivity contribution < 1.29 is 24.1 Å². The van der Waals surface area contributed by atoms with Crippen molar-refractivity contribution in [2.24, 2.45) is 10.7 Å². The molecule has 0 fully saturated rings. The second-order valence-electron chi connectivity index (χ2n) is 14.3. The highest BCUT2D eigenvalue weighted by Gasteiger charge is 2.17. The number of fused-ring (bicyclic) bond motifs is 9. The summed E-state index contributed by atoms with van der Waals surface area (Å²) in [6, 6.07) is 22.0. The van der Waals surface area contributed by atoms with Gasteiger partial charge in [-0.1, -0.05) is 81.3 Å².